The van der Waals surface area contributed by atoms with Crippen LogP contribution in [0, 0.1) is 0 Å². The van der Waals surface area contributed by atoms with Crippen LogP contribution in [0.3, 0.4) is 0 Å². The first-order valence-corrected chi connectivity index (χ1v) is 11.3. The first kappa shape index (κ1) is 24.3. The van der Waals surface area contributed by atoms with Gasteiger partial charge in [-0.25, -0.2) is 9.59 Å². The Kier molecular flexibility index (Phi) is 7.04. The van der Waals surface area contributed by atoms with Crippen LogP contribution in [0.1, 0.15) is 48.4 Å². The largest absolute Gasteiger partial charge is 0.458 e. The van der Waals surface area contributed by atoms with Crippen molar-refractivity contribution in [2.24, 2.45) is 0 Å². The molecule has 4 rings (SSSR count). The van der Waals surface area contributed by atoms with Crippen molar-refractivity contribution < 1.29 is 38.0 Å². The van der Waals surface area contributed by atoms with Gasteiger partial charge in [-0.15, -0.1) is 0 Å². The highest BCUT2D eigenvalue weighted by atomic mass is 16.8. The average Bonchev–Trinajstić information content (AvgIpc) is 3.35. The van der Waals surface area contributed by atoms with Gasteiger partial charge in [-0.05, 0) is 52.0 Å². The summed E-state index contributed by atoms with van der Waals surface area (Å²) in [7, 11) is 0. The molecule has 0 aliphatic carbocycles. The number of carbonyl (C=O) groups is 2. The fourth-order valence-corrected chi connectivity index (χ4v) is 4.06. The van der Waals surface area contributed by atoms with Crippen LogP contribution in [0.15, 0.2) is 60.7 Å². The number of benzene rings is 2. The number of hydrogen-bond acceptors (Lipinski definition) is 8. The van der Waals surface area contributed by atoms with Gasteiger partial charge in [0.25, 0.3) is 0 Å². The number of carbonyl (C=O) groups excluding carboxylic acids is 2. The first-order valence-electron chi connectivity index (χ1n) is 11.3. The van der Waals surface area contributed by atoms with Crippen LogP contribution in [0.25, 0.3) is 0 Å². The Morgan fingerprint density at radius 3 is 2.00 bits per heavy atom. The lowest BCUT2D eigenvalue weighted by atomic mass is 10.0. The van der Waals surface area contributed by atoms with Gasteiger partial charge in [-0.3, -0.25) is 0 Å². The van der Waals surface area contributed by atoms with Crippen molar-refractivity contribution in [2.75, 3.05) is 13.2 Å². The van der Waals surface area contributed by atoms with Crippen molar-refractivity contribution in [1.29, 1.82) is 0 Å². The Balaban J connectivity index is 1.56. The quantitative estimate of drug-likeness (QED) is 0.566. The van der Waals surface area contributed by atoms with Gasteiger partial charge < -0.3 is 28.4 Å². The van der Waals surface area contributed by atoms with E-state index in [1.165, 1.54) is 0 Å². The highest BCUT2D eigenvalue weighted by molar-refractivity contribution is 5.90. The van der Waals surface area contributed by atoms with Crippen LogP contribution in [-0.4, -0.2) is 61.1 Å². The summed E-state index contributed by atoms with van der Waals surface area (Å²) < 4.78 is 35.4. The molecule has 2 heterocycles. The van der Waals surface area contributed by atoms with E-state index in [4.69, 9.17) is 28.4 Å². The highest BCUT2D eigenvalue weighted by Crippen LogP contribution is 2.37. The second-order valence-electron chi connectivity index (χ2n) is 9.21. The minimum Gasteiger partial charge on any atom is -0.458 e. The molecule has 2 saturated heterocycles. The summed E-state index contributed by atoms with van der Waals surface area (Å²) in [6, 6.07) is 17.2. The molecule has 0 N–H and O–H groups in total. The van der Waals surface area contributed by atoms with Gasteiger partial charge in [-0.1, -0.05) is 36.4 Å². The summed E-state index contributed by atoms with van der Waals surface area (Å²) in [5.41, 5.74) is 0.767. The zero-order chi connectivity index (χ0) is 24.3. The molecule has 0 radical (unpaired) electrons. The molecule has 0 saturated carbocycles. The molecule has 0 spiro atoms. The van der Waals surface area contributed by atoms with Crippen LogP contribution in [0.4, 0.5) is 0 Å². The van der Waals surface area contributed by atoms with E-state index in [0.29, 0.717) is 11.1 Å². The molecular weight excluding hydrogens is 440 g/mol. The minimum atomic E-state index is -0.966. The monoisotopic (exact) mass is 470 g/mol. The molecule has 2 aliphatic rings. The average molecular weight is 471 g/mol. The fourth-order valence-electron chi connectivity index (χ4n) is 4.06. The molecule has 2 aromatic carbocycles. The molecule has 0 amide bonds. The van der Waals surface area contributed by atoms with Gasteiger partial charge in [0.2, 0.25) is 0 Å². The molecule has 2 fully saturated rings. The zero-order valence-corrected chi connectivity index (χ0v) is 19.8. The van der Waals surface area contributed by atoms with Crippen LogP contribution >= 0.6 is 0 Å². The van der Waals surface area contributed by atoms with Crippen LogP contribution in [0.2, 0.25) is 0 Å². The summed E-state index contributed by atoms with van der Waals surface area (Å²) in [6.45, 7) is 7.25. The Morgan fingerprint density at radius 2 is 1.44 bits per heavy atom. The lowest BCUT2D eigenvalue weighted by molar-refractivity contribution is -0.175. The van der Waals surface area contributed by atoms with Crippen LogP contribution < -0.4 is 0 Å². The second-order valence-corrected chi connectivity index (χ2v) is 9.21. The summed E-state index contributed by atoms with van der Waals surface area (Å²) >= 11 is 0. The van der Waals surface area contributed by atoms with Gasteiger partial charge >= 0.3 is 11.9 Å². The van der Waals surface area contributed by atoms with Crippen molar-refractivity contribution in [3.05, 3.63) is 71.8 Å². The van der Waals surface area contributed by atoms with Crippen molar-refractivity contribution in [2.45, 2.75) is 63.7 Å². The minimum absolute atomic E-state index is 0.218. The van der Waals surface area contributed by atoms with Gasteiger partial charge in [-0.2, -0.15) is 0 Å². The van der Waals surface area contributed by atoms with Gasteiger partial charge in [0.15, 0.2) is 17.7 Å². The van der Waals surface area contributed by atoms with Gasteiger partial charge in [0.05, 0.1) is 17.7 Å². The number of rotatable bonds is 7. The predicted octanol–water partition coefficient (Wildman–Crippen LogP) is 3.74. The fraction of sp³-hybridized carbons (Fsp3) is 0.462. The standard InChI is InChI=1S/C26H30O8/c1-25(2)30-16-20(32-25)22-21(33-26(3,4)34-22)19(31-24(28)18-13-9-6-10-14-18)15-29-23(27)17-11-7-5-8-12-17/h5-14,19-22H,15-16H2,1-4H3/t19-,20-,21-,22+/m1/s1. The van der Waals surface area contributed by atoms with Gasteiger partial charge in [0.1, 0.15) is 24.9 Å². The Bertz CT molecular complexity index is 988. The number of hydrogen-bond donors (Lipinski definition) is 0. The lowest BCUT2D eigenvalue weighted by Crippen LogP contribution is -2.47. The summed E-state index contributed by atoms with van der Waals surface area (Å²) in [5.74, 6) is -2.83. The molecule has 0 aromatic heterocycles. The maximum atomic E-state index is 12.9. The van der Waals surface area contributed by atoms with Crippen molar-refractivity contribution >= 4 is 11.9 Å². The molecule has 8 nitrogen and oxygen atoms in total. The van der Waals surface area contributed by atoms with E-state index in [1.54, 1.807) is 62.4 Å². The second kappa shape index (κ2) is 9.84. The molecule has 4 atom stereocenters. The summed E-state index contributed by atoms with van der Waals surface area (Å²) in [6.07, 6.45) is -2.77. The molecule has 8 heteroatoms. The molecule has 2 aliphatic heterocycles. The van der Waals surface area contributed by atoms with Crippen LogP contribution in [0.5, 0.6) is 0 Å². The van der Waals surface area contributed by atoms with Crippen molar-refractivity contribution in [3.63, 3.8) is 0 Å². The predicted molar refractivity (Wildman–Crippen MR) is 121 cm³/mol. The van der Waals surface area contributed by atoms with Crippen molar-refractivity contribution in [3.8, 4) is 0 Å². The summed E-state index contributed by atoms with van der Waals surface area (Å²) in [4.78, 5) is 25.5. The smallest absolute Gasteiger partial charge is 0.338 e. The molecule has 0 unspecified atom stereocenters. The molecule has 182 valence electrons. The molecule has 0 bridgehead atoms. The normalized spacial score (nSPS) is 26.1. The third kappa shape index (κ3) is 5.82. The third-order valence-corrected chi connectivity index (χ3v) is 5.58. The number of ether oxygens (including phenoxy) is 6. The Labute approximate surface area is 199 Å². The van der Waals surface area contributed by atoms with Crippen LogP contribution in [-0.2, 0) is 28.4 Å². The Hall–Kier alpha value is -2.78. The number of esters is 2. The molecule has 34 heavy (non-hydrogen) atoms. The maximum absolute atomic E-state index is 12.9. The Morgan fingerprint density at radius 1 is 0.853 bits per heavy atom. The topological polar surface area (TPSA) is 89.5 Å². The highest BCUT2D eigenvalue weighted by Gasteiger charge is 2.53. The molecule has 2 aromatic rings. The van der Waals surface area contributed by atoms with E-state index in [0.717, 1.165) is 0 Å². The van der Waals surface area contributed by atoms with E-state index < -0.39 is 47.9 Å². The maximum Gasteiger partial charge on any atom is 0.338 e. The van der Waals surface area contributed by atoms with Gasteiger partial charge in [0, 0.05) is 0 Å². The van der Waals surface area contributed by atoms with E-state index in [2.05, 4.69) is 0 Å². The van der Waals surface area contributed by atoms with E-state index in [1.807, 2.05) is 26.0 Å². The zero-order valence-electron chi connectivity index (χ0n) is 19.8. The lowest BCUT2D eigenvalue weighted by Gasteiger charge is -2.28. The SMILES string of the molecule is CC1(C)O[C@@H]([C@H]2COC(C)(C)O2)[C@@H]([C@@H](COC(=O)c2ccccc2)OC(=O)c2ccccc2)O1. The summed E-state index contributed by atoms with van der Waals surface area (Å²) in [5, 5.41) is 0. The van der Waals surface area contributed by atoms with E-state index in [-0.39, 0.29) is 13.2 Å². The third-order valence-electron chi connectivity index (χ3n) is 5.58. The van der Waals surface area contributed by atoms with E-state index >= 15 is 0 Å². The van der Waals surface area contributed by atoms with Crippen molar-refractivity contribution in [1.82, 2.24) is 0 Å². The molecular formula is C26H30O8. The van der Waals surface area contributed by atoms with E-state index in [9.17, 15) is 9.59 Å². The first-order chi connectivity index (χ1) is 16.1.